The third-order valence-electron chi connectivity index (χ3n) is 4.57. The second-order valence-electron chi connectivity index (χ2n) is 6.01. The van der Waals surface area contributed by atoms with E-state index >= 15 is 0 Å². The van der Waals surface area contributed by atoms with E-state index in [2.05, 4.69) is 5.32 Å². The Labute approximate surface area is 140 Å². The normalized spacial score (nSPS) is 22.5. The van der Waals surface area contributed by atoms with Crippen LogP contribution in [0.4, 0.5) is 0 Å². The first-order valence-corrected chi connectivity index (χ1v) is 8.00. The van der Waals surface area contributed by atoms with Crippen LogP contribution in [0.3, 0.4) is 0 Å². The lowest BCUT2D eigenvalue weighted by molar-refractivity contribution is -0.143. The molecule has 1 aromatic carbocycles. The number of methoxy groups -OCH3 is 1. The predicted octanol–water partition coefficient (Wildman–Crippen LogP) is 1.26. The predicted molar refractivity (Wildman–Crippen MR) is 86.9 cm³/mol. The molecule has 1 saturated heterocycles. The summed E-state index contributed by atoms with van der Waals surface area (Å²) in [7, 11) is 1.57. The number of likely N-dealkylation sites (tertiary alicyclic amines) is 1. The van der Waals surface area contributed by atoms with Crippen molar-refractivity contribution in [2.24, 2.45) is 11.8 Å². The highest BCUT2D eigenvalue weighted by atomic mass is 16.5. The highest BCUT2D eigenvalue weighted by molar-refractivity contribution is 6.07. The zero-order valence-electron chi connectivity index (χ0n) is 13.5. The zero-order chi connectivity index (χ0) is 17.1. The maximum atomic E-state index is 12.3. The van der Waals surface area contributed by atoms with E-state index in [0.717, 1.165) is 10.5 Å². The van der Waals surface area contributed by atoms with Crippen molar-refractivity contribution in [3.63, 3.8) is 0 Å². The van der Waals surface area contributed by atoms with Crippen molar-refractivity contribution < 1.29 is 19.1 Å². The minimum Gasteiger partial charge on any atom is -0.496 e. The van der Waals surface area contributed by atoms with Gasteiger partial charge in [-0.2, -0.15) is 0 Å². The molecule has 0 unspecified atom stereocenters. The molecule has 1 aliphatic heterocycles. The van der Waals surface area contributed by atoms with Gasteiger partial charge in [-0.1, -0.05) is 30.4 Å². The van der Waals surface area contributed by atoms with Gasteiger partial charge in [0.05, 0.1) is 18.9 Å². The fraction of sp³-hybridized carbons (Fsp3) is 0.389. The van der Waals surface area contributed by atoms with E-state index < -0.39 is 0 Å². The van der Waals surface area contributed by atoms with E-state index in [4.69, 9.17) is 4.74 Å². The van der Waals surface area contributed by atoms with E-state index in [1.54, 1.807) is 7.11 Å². The number of carbonyl (C=O) groups excluding carboxylic acids is 3. The summed E-state index contributed by atoms with van der Waals surface area (Å²) in [6.07, 6.45) is 5.01. The molecule has 3 amide bonds. The van der Waals surface area contributed by atoms with Crippen molar-refractivity contribution >= 4 is 17.7 Å². The molecule has 1 aliphatic carbocycles. The smallest absolute Gasteiger partial charge is 0.240 e. The molecule has 3 rings (SSSR count). The Morgan fingerprint density at radius 3 is 2.42 bits per heavy atom. The molecule has 0 aromatic heterocycles. The van der Waals surface area contributed by atoms with Gasteiger partial charge in [-0.25, -0.2) is 0 Å². The number of carbonyl (C=O) groups is 3. The molecule has 126 valence electrons. The van der Waals surface area contributed by atoms with Crippen LogP contribution in [-0.4, -0.2) is 36.3 Å². The number of fused-ring (bicyclic) bond motifs is 1. The van der Waals surface area contributed by atoms with Crippen molar-refractivity contribution in [2.75, 3.05) is 13.7 Å². The molecule has 1 N–H and O–H groups in total. The zero-order valence-corrected chi connectivity index (χ0v) is 13.5. The Kier molecular flexibility index (Phi) is 4.64. The van der Waals surface area contributed by atoms with Crippen LogP contribution < -0.4 is 10.1 Å². The van der Waals surface area contributed by atoms with E-state index in [1.165, 1.54) is 0 Å². The first-order chi connectivity index (χ1) is 11.6. The van der Waals surface area contributed by atoms with Gasteiger partial charge in [0.25, 0.3) is 0 Å². The van der Waals surface area contributed by atoms with Gasteiger partial charge in [-0.3, -0.25) is 19.3 Å². The number of nitrogens with zero attached hydrogens (tertiary/aromatic N) is 1. The molecule has 6 heteroatoms. The van der Waals surface area contributed by atoms with Crippen LogP contribution in [0.25, 0.3) is 0 Å². The van der Waals surface area contributed by atoms with Crippen LogP contribution in [-0.2, 0) is 20.9 Å². The number of nitrogens with one attached hydrogen (secondary N) is 1. The van der Waals surface area contributed by atoms with Crippen molar-refractivity contribution in [1.82, 2.24) is 10.2 Å². The molecule has 24 heavy (non-hydrogen) atoms. The molecule has 0 radical (unpaired) electrons. The lowest BCUT2D eigenvalue weighted by Crippen LogP contribution is -2.40. The molecular weight excluding hydrogens is 308 g/mol. The van der Waals surface area contributed by atoms with Crippen molar-refractivity contribution in [1.29, 1.82) is 0 Å². The first-order valence-electron chi connectivity index (χ1n) is 8.00. The number of hydrogen-bond donors (Lipinski definition) is 1. The first kappa shape index (κ1) is 16.2. The Balaban J connectivity index is 1.59. The van der Waals surface area contributed by atoms with Crippen LogP contribution >= 0.6 is 0 Å². The van der Waals surface area contributed by atoms with Crippen LogP contribution in [0.1, 0.15) is 18.4 Å². The van der Waals surface area contributed by atoms with Gasteiger partial charge in [0, 0.05) is 12.1 Å². The lowest BCUT2D eigenvalue weighted by atomic mass is 9.85. The summed E-state index contributed by atoms with van der Waals surface area (Å²) >= 11 is 0. The second kappa shape index (κ2) is 6.86. The highest BCUT2D eigenvalue weighted by Crippen LogP contribution is 2.34. The number of imide groups is 1. The molecular formula is C18H20N2O4. The molecule has 0 spiro atoms. The fourth-order valence-electron chi connectivity index (χ4n) is 3.27. The number of para-hydroxylation sites is 1. The van der Waals surface area contributed by atoms with Gasteiger partial charge in [-0.15, -0.1) is 0 Å². The molecule has 2 aliphatic rings. The number of amides is 3. The molecule has 1 aromatic rings. The SMILES string of the molecule is COc1ccccc1CNC(=O)CN1C(=O)[C@H]2CC=CC[C@@H]2C1=O. The molecule has 1 heterocycles. The fourth-order valence-corrected chi connectivity index (χ4v) is 3.27. The molecule has 0 bridgehead atoms. The van der Waals surface area contributed by atoms with Crippen molar-refractivity contribution in [3.8, 4) is 5.75 Å². The number of allylic oxidation sites excluding steroid dienone is 2. The average Bonchev–Trinajstić information content (AvgIpc) is 2.85. The standard InChI is InChI=1S/C18H20N2O4/c1-24-15-9-5-2-6-12(15)10-19-16(21)11-20-17(22)13-7-3-4-8-14(13)18(20)23/h2-6,9,13-14H,7-8,10-11H2,1H3,(H,19,21)/t13-,14-/m0/s1. The van der Waals surface area contributed by atoms with E-state index in [-0.39, 0.29) is 42.6 Å². The van der Waals surface area contributed by atoms with Gasteiger partial charge >= 0.3 is 0 Å². The summed E-state index contributed by atoms with van der Waals surface area (Å²) < 4.78 is 5.23. The van der Waals surface area contributed by atoms with Crippen molar-refractivity contribution in [2.45, 2.75) is 19.4 Å². The average molecular weight is 328 g/mol. The Hall–Kier alpha value is -2.63. The quantitative estimate of drug-likeness (QED) is 0.652. The largest absolute Gasteiger partial charge is 0.496 e. The number of rotatable bonds is 5. The number of benzene rings is 1. The van der Waals surface area contributed by atoms with Gasteiger partial charge in [0.15, 0.2) is 0 Å². The summed E-state index contributed by atoms with van der Waals surface area (Å²) in [4.78, 5) is 37.9. The lowest BCUT2D eigenvalue weighted by Gasteiger charge is -2.15. The molecule has 2 atom stereocenters. The summed E-state index contributed by atoms with van der Waals surface area (Å²) in [5, 5.41) is 2.74. The minimum atomic E-state index is -0.353. The maximum absolute atomic E-state index is 12.3. The molecule has 0 saturated carbocycles. The van der Waals surface area contributed by atoms with Gasteiger partial charge < -0.3 is 10.1 Å². The van der Waals surface area contributed by atoms with Crippen LogP contribution in [0.15, 0.2) is 36.4 Å². The van der Waals surface area contributed by atoms with Crippen LogP contribution in [0.2, 0.25) is 0 Å². The van der Waals surface area contributed by atoms with E-state index in [0.29, 0.717) is 18.6 Å². The van der Waals surface area contributed by atoms with E-state index in [1.807, 2.05) is 36.4 Å². The minimum absolute atomic E-state index is 0.222. The highest BCUT2D eigenvalue weighted by Gasteiger charge is 2.47. The Morgan fingerprint density at radius 2 is 1.79 bits per heavy atom. The van der Waals surface area contributed by atoms with Crippen LogP contribution in [0, 0.1) is 11.8 Å². The summed E-state index contributed by atoms with van der Waals surface area (Å²) in [5.74, 6) is -0.741. The Morgan fingerprint density at radius 1 is 1.17 bits per heavy atom. The van der Waals surface area contributed by atoms with Crippen molar-refractivity contribution in [3.05, 3.63) is 42.0 Å². The number of hydrogen-bond acceptors (Lipinski definition) is 4. The summed E-state index contributed by atoms with van der Waals surface area (Å²) in [5.41, 5.74) is 0.838. The monoisotopic (exact) mass is 328 g/mol. The van der Waals surface area contributed by atoms with Gasteiger partial charge in [-0.05, 0) is 18.9 Å². The third kappa shape index (κ3) is 3.04. The maximum Gasteiger partial charge on any atom is 0.240 e. The number of ether oxygens (including phenoxy) is 1. The third-order valence-corrected chi connectivity index (χ3v) is 4.57. The Bertz CT molecular complexity index is 672. The van der Waals surface area contributed by atoms with Gasteiger partial charge in [0.1, 0.15) is 12.3 Å². The van der Waals surface area contributed by atoms with E-state index in [9.17, 15) is 14.4 Å². The topological polar surface area (TPSA) is 75.7 Å². The summed E-state index contributed by atoms with van der Waals surface area (Å²) in [6.45, 7) is 0.0628. The van der Waals surface area contributed by atoms with Crippen LogP contribution in [0.5, 0.6) is 5.75 Å². The molecule has 6 nitrogen and oxygen atoms in total. The van der Waals surface area contributed by atoms with Gasteiger partial charge in [0.2, 0.25) is 17.7 Å². The molecule has 1 fully saturated rings. The summed E-state index contributed by atoms with van der Waals surface area (Å²) in [6, 6.07) is 7.37. The second-order valence-corrected chi connectivity index (χ2v) is 6.01.